The number of benzene rings is 1. The van der Waals surface area contributed by atoms with Crippen molar-refractivity contribution in [2.45, 2.75) is 27.0 Å². The molecule has 0 fully saturated rings. The molecule has 0 heterocycles. The standard InChI is InChI=1S/C16H24F2N2O3/c1-5-22-14-8-12(6-7-13(14)23-16(17)18)10-20(4)15(21)11(2)9-19-3/h6-8,11,16,19H,5,9-10H2,1-4H3. The highest BCUT2D eigenvalue weighted by atomic mass is 19.3. The second-order valence-electron chi connectivity index (χ2n) is 5.25. The van der Waals surface area contributed by atoms with E-state index in [1.165, 1.54) is 6.07 Å². The first-order chi connectivity index (χ1) is 10.9. The van der Waals surface area contributed by atoms with Crippen LogP contribution in [0.1, 0.15) is 19.4 Å². The van der Waals surface area contributed by atoms with Crippen LogP contribution in [0.15, 0.2) is 18.2 Å². The molecule has 1 atom stereocenters. The third kappa shape index (κ3) is 6.02. The molecule has 0 bridgehead atoms. The molecule has 5 nitrogen and oxygen atoms in total. The summed E-state index contributed by atoms with van der Waals surface area (Å²) in [6.45, 7) is 1.98. The van der Waals surface area contributed by atoms with Gasteiger partial charge in [-0.2, -0.15) is 8.78 Å². The summed E-state index contributed by atoms with van der Waals surface area (Å²) in [5.41, 5.74) is 0.780. The van der Waals surface area contributed by atoms with Crippen molar-refractivity contribution < 1.29 is 23.0 Å². The summed E-state index contributed by atoms with van der Waals surface area (Å²) in [6, 6.07) is 4.70. The van der Waals surface area contributed by atoms with E-state index >= 15 is 0 Å². The van der Waals surface area contributed by atoms with Gasteiger partial charge in [0.05, 0.1) is 6.61 Å². The zero-order valence-corrected chi connectivity index (χ0v) is 13.9. The number of amides is 1. The van der Waals surface area contributed by atoms with Gasteiger partial charge in [0.1, 0.15) is 0 Å². The molecule has 1 N–H and O–H groups in total. The minimum absolute atomic E-state index is 0.00483. The van der Waals surface area contributed by atoms with Crippen LogP contribution >= 0.6 is 0 Å². The van der Waals surface area contributed by atoms with Gasteiger partial charge < -0.3 is 19.7 Å². The van der Waals surface area contributed by atoms with E-state index in [2.05, 4.69) is 10.1 Å². The van der Waals surface area contributed by atoms with Crippen molar-refractivity contribution in [3.63, 3.8) is 0 Å². The summed E-state index contributed by atoms with van der Waals surface area (Å²) in [7, 11) is 3.50. The van der Waals surface area contributed by atoms with E-state index in [-0.39, 0.29) is 23.3 Å². The average molecular weight is 330 g/mol. The fraction of sp³-hybridized carbons (Fsp3) is 0.562. The maximum absolute atomic E-state index is 12.4. The molecule has 0 aliphatic carbocycles. The van der Waals surface area contributed by atoms with Crippen LogP contribution in [0.4, 0.5) is 8.78 Å². The lowest BCUT2D eigenvalue weighted by molar-refractivity contribution is -0.134. The van der Waals surface area contributed by atoms with Crippen LogP contribution in [-0.4, -0.2) is 44.7 Å². The van der Waals surface area contributed by atoms with E-state index in [0.29, 0.717) is 19.7 Å². The van der Waals surface area contributed by atoms with Crippen LogP contribution in [-0.2, 0) is 11.3 Å². The third-order valence-electron chi connectivity index (χ3n) is 3.25. The summed E-state index contributed by atoms with van der Waals surface area (Å²) in [6.07, 6.45) is 0. The van der Waals surface area contributed by atoms with Crippen molar-refractivity contribution in [1.82, 2.24) is 10.2 Å². The van der Waals surface area contributed by atoms with Crippen molar-refractivity contribution in [3.05, 3.63) is 23.8 Å². The summed E-state index contributed by atoms with van der Waals surface area (Å²) < 4.78 is 34.5. The number of nitrogens with zero attached hydrogens (tertiary/aromatic N) is 1. The third-order valence-corrected chi connectivity index (χ3v) is 3.25. The lowest BCUT2D eigenvalue weighted by atomic mass is 10.1. The smallest absolute Gasteiger partial charge is 0.387 e. The summed E-state index contributed by atoms with van der Waals surface area (Å²) in [5.74, 6) is 0.0978. The first-order valence-corrected chi connectivity index (χ1v) is 7.49. The largest absolute Gasteiger partial charge is 0.490 e. The summed E-state index contributed by atoms with van der Waals surface area (Å²) in [5, 5.41) is 2.96. The van der Waals surface area contributed by atoms with Gasteiger partial charge in [-0.25, -0.2) is 0 Å². The number of carbonyl (C=O) groups is 1. The van der Waals surface area contributed by atoms with Gasteiger partial charge in [0, 0.05) is 26.1 Å². The highest BCUT2D eigenvalue weighted by molar-refractivity contribution is 5.78. The zero-order chi connectivity index (χ0) is 17.4. The Bertz CT molecular complexity index is 512. The molecule has 0 aromatic heterocycles. The van der Waals surface area contributed by atoms with Gasteiger partial charge in [-0.3, -0.25) is 4.79 Å². The Morgan fingerprint density at radius 2 is 2.04 bits per heavy atom. The Morgan fingerprint density at radius 3 is 2.61 bits per heavy atom. The highest BCUT2D eigenvalue weighted by Gasteiger charge is 2.18. The highest BCUT2D eigenvalue weighted by Crippen LogP contribution is 2.30. The van der Waals surface area contributed by atoms with E-state index in [4.69, 9.17) is 4.74 Å². The predicted octanol–water partition coefficient (Wildman–Crippen LogP) is 2.50. The van der Waals surface area contributed by atoms with Gasteiger partial charge in [0.25, 0.3) is 0 Å². The molecule has 23 heavy (non-hydrogen) atoms. The van der Waals surface area contributed by atoms with Gasteiger partial charge in [-0.15, -0.1) is 0 Å². The molecule has 1 amide bonds. The van der Waals surface area contributed by atoms with E-state index < -0.39 is 6.61 Å². The van der Waals surface area contributed by atoms with Crippen LogP contribution in [0.2, 0.25) is 0 Å². The number of alkyl halides is 2. The van der Waals surface area contributed by atoms with Crippen LogP contribution in [0.25, 0.3) is 0 Å². The second kappa shape index (κ2) is 9.29. The normalized spacial score (nSPS) is 12.1. The molecule has 1 rings (SSSR count). The van der Waals surface area contributed by atoms with Gasteiger partial charge >= 0.3 is 6.61 Å². The molecular formula is C16H24F2N2O3. The first-order valence-electron chi connectivity index (χ1n) is 7.49. The lowest BCUT2D eigenvalue weighted by Crippen LogP contribution is -2.35. The van der Waals surface area contributed by atoms with Crippen molar-refractivity contribution in [2.75, 3.05) is 27.2 Å². The zero-order valence-electron chi connectivity index (χ0n) is 13.9. The van der Waals surface area contributed by atoms with Crippen molar-refractivity contribution in [1.29, 1.82) is 0 Å². The minimum Gasteiger partial charge on any atom is -0.490 e. The van der Waals surface area contributed by atoms with Crippen molar-refractivity contribution in [2.24, 2.45) is 5.92 Å². The van der Waals surface area contributed by atoms with Gasteiger partial charge in [0.15, 0.2) is 11.5 Å². The topological polar surface area (TPSA) is 50.8 Å². The van der Waals surface area contributed by atoms with Crippen LogP contribution in [0.3, 0.4) is 0 Å². The maximum atomic E-state index is 12.4. The number of nitrogens with one attached hydrogen (secondary N) is 1. The number of hydrogen-bond donors (Lipinski definition) is 1. The van der Waals surface area contributed by atoms with E-state index in [0.717, 1.165) is 5.56 Å². The maximum Gasteiger partial charge on any atom is 0.387 e. The Labute approximate surface area is 135 Å². The minimum atomic E-state index is -2.91. The molecule has 1 unspecified atom stereocenters. The molecule has 7 heteroatoms. The molecule has 0 spiro atoms. The monoisotopic (exact) mass is 330 g/mol. The summed E-state index contributed by atoms with van der Waals surface area (Å²) in [4.78, 5) is 13.8. The number of rotatable bonds is 9. The van der Waals surface area contributed by atoms with E-state index in [1.54, 1.807) is 38.1 Å². The molecule has 0 aliphatic heterocycles. The SMILES string of the molecule is CCOc1cc(CN(C)C(=O)C(C)CNC)ccc1OC(F)F. The van der Waals surface area contributed by atoms with Crippen LogP contribution in [0.5, 0.6) is 11.5 Å². The van der Waals surface area contributed by atoms with Crippen molar-refractivity contribution >= 4 is 5.91 Å². The fourth-order valence-electron chi connectivity index (χ4n) is 2.23. The molecule has 0 aliphatic rings. The lowest BCUT2D eigenvalue weighted by Gasteiger charge is -2.22. The molecule has 0 radical (unpaired) electrons. The molecular weight excluding hydrogens is 306 g/mol. The number of ether oxygens (including phenoxy) is 2. The van der Waals surface area contributed by atoms with Crippen LogP contribution < -0.4 is 14.8 Å². The molecule has 1 aromatic carbocycles. The first kappa shape index (κ1) is 19.2. The number of halogens is 2. The number of carbonyl (C=O) groups excluding carboxylic acids is 1. The quantitative estimate of drug-likeness (QED) is 0.756. The van der Waals surface area contributed by atoms with E-state index in [1.807, 2.05) is 6.92 Å². The molecule has 130 valence electrons. The predicted molar refractivity (Wildman–Crippen MR) is 83.8 cm³/mol. The van der Waals surface area contributed by atoms with E-state index in [9.17, 15) is 13.6 Å². The fourth-order valence-corrected chi connectivity index (χ4v) is 2.23. The van der Waals surface area contributed by atoms with Gasteiger partial charge in [0.2, 0.25) is 5.91 Å². The Kier molecular flexibility index (Phi) is 7.74. The molecule has 1 aromatic rings. The number of hydrogen-bond acceptors (Lipinski definition) is 4. The molecule has 0 saturated carbocycles. The Hall–Kier alpha value is -1.89. The average Bonchev–Trinajstić information content (AvgIpc) is 2.49. The van der Waals surface area contributed by atoms with Gasteiger partial charge in [-0.05, 0) is 31.7 Å². The second-order valence-corrected chi connectivity index (χ2v) is 5.25. The van der Waals surface area contributed by atoms with Crippen molar-refractivity contribution in [3.8, 4) is 11.5 Å². The molecule has 0 saturated heterocycles. The Balaban J connectivity index is 2.84. The summed E-state index contributed by atoms with van der Waals surface area (Å²) >= 11 is 0. The Morgan fingerprint density at radius 1 is 1.35 bits per heavy atom. The van der Waals surface area contributed by atoms with Gasteiger partial charge in [-0.1, -0.05) is 13.0 Å². The van der Waals surface area contributed by atoms with Crippen LogP contribution in [0, 0.1) is 5.92 Å².